The number of rotatable bonds is 5. The van der Waals surface area contributed by atoms with Crippen LogP contribution >= 0.6 is 0 Å². The summed E-state index contributed by atoms with van der Waals surface area (Å²) in [6, 6.07) is 18.1. The van der Waals surface area contributed by atoms with Gasteiger partial charge in [-0.05, 0) is 67.7 Å². The number of nitrogens with one attached hydrogen (secondary N) is 3. The molecule has 1 aliphatic rings. The smallest absolute Gasteiger partial charge is 0.227 e. The van der Waals surface area contributed by atoms with E-state index in [2.05, 4.69) is 50.2 Å². The zero-order valence-electron chi connectivity index (χ0n) is 16.5. The van der Waals surface area contributed by atoms with E-state index in [1.807, 2.05) is 30.3 Å². The molecule has 1 aliphatic heterocycles. The first kappa shape index (κ1) is 19.1. The normalized spacial score (nSPS) is 14.4. The van der Waals surface area contributed by atoms with Gasteiger partial charge in [0, 0.05) is 30.1 Å². The second-order valence-corrected chi connectivity index (χ2v) is 7.30. The highest BCUT2D eigenvalue weighted by Crippen LogP contribution is 2.27. The largest absolute Gasteiger partial charge is 0.326 e. The standard InChI is InChI=1S/C23H25N5O/c1-16(29)26-20-8-4-19(5-9-20)22-12-15-25-23(28-22)27-21-6-2-17(3-7-21)18-10-13-24-14-11-18/h2-9,12,15,18,24H,10-11,13-14H2,1H3,(H,26,29)(H,25,27,28). The zero-order chi connectivity index (χ0) is 20.1. The van der Waals surface area contributed by atoms with E-state index in [1.165, 1.54) is 25.3 Å². The molecule has 1 fully saturated rings. The lowest BCUT2D eigenvalue weighted by atomic mass is 9.90. The van der Waals surface area contributed by atoms with E-state index in [0.717, 1.165) is 35.7 Å². The summed E-state index contributed by atoms with van der Waals surface area (Å²) in [5.74, 6) is 1.12. The Kier molecular flexibility index (Phi) is 5.81. The van der Waals surface area contributed by atoms with Crippen molar-refractivity contribution >= 4 is 23.2 Å². The summed E-state index contributed by atoms with van der Waals surface area (Å²) >= 11 is 0. The van der Waals surface area contributed by atoms with Crippen molar-refractivity contribution in [3.8, 4) is 11.3 Å². The third-order valence-electron chi connectivity index (χ3n) is 5.13. The highest BCUT2D eigenvalue weighted by Gasteiger charge is 2.14. The summed E-state index contributed by atoms with van der Waals surface area (Å²) in [5.41, 5.74) is 4.92. The van der Waals surface area contributed by atoms with Crippen LogP contribution in [-0.4, -0.2) is 29.0 Å². The summed E-state index contributed by atoms with van der Waals surface area (Å²) in [7, 11) is 0. The maximum atomic E-state index is 11.2. The summed E-state index contributed by atoms with van der Waals surface area (Å²) in [4.78, 5) is 20.1. The van der Waals surface area contributed by atoms with Crippen molar-refractivity contribution in [1.82, 2.24) is 15.3 Å². The number of hydrogen-bond donors (Lipinski definition) is 3. The van der Waals surface area contributed by atoms with Crippen molar-refractivity contribution in [2.24, 2.45) is 0 Å². The molecule has 0 radical (unpaired) electrons. The SMILES string of the molecule is CC(=O)Nc1ccc(-c2ccnc(Nc3ccc(C4CCNCC4)cc3)n2)cc1. The molecule has 3 aromatic rings. The number of carbonyl (C=O) groups is 1. The number of benzene rings is 2. The van der Waals surface area contributed by atoms with Crippen LogP contribution in [0.15, 0.2) is 60.8 Å². The molecule has 2 aromatic carbocycles. The van der Waals surface area contributed by atoms with Gasteiger partial charge in [0.25, 0.3) is 0 Å². The molecule has 0 aliphatic carbocycles. The average molecular weight is 387 g/mol. The van der Waals surface area contributed by atoms with Crippen LogP contribution in [-0.2, 0) is 4.79 Å². The summed E-state index contributed by atoms with van der Waals surface area (Å²) in [6.07, 6.45) is 4.13. The maximum absolute atomic E-state index is 11.2. The number of anilines is 3. The van der Waals surface area contributed by atoms with Crippen molar-refractivity contribution in [3.05, 3.63) is 66.4 Å². The second kappa shape index (κ2) is 8.84. The molecule has 3 N–H and O–H groups in total. The fourth-order valence-electron chi connectivity index (χ4n) is 3.63. The van der Waals surface area contributed by atoms with E-state index in [1.54, 1.807) is 6.20 Å². The minimum atomic E-state index is -0.0857. The van der Waals surface area contributed by atoms with Gasteiger partial charge in [0.15, 0.2) is 0 Å². The van der Waals surface area contributed by atoms with Crippen LogP contribution in [0.5, 0.6) is 0 Å². The van der Waals surface area contributed by atoms with Crippen LogP contribution in [0.25, 0.3) is 11.3 Å². The third-order valence-corrected chi connectivity index (χ3v) is 5.13. The van der Waals surface area contributed by atoms with Crippen molar-refractivity contribution in [2.75, 3.05) is 23.7 Å². The maximum Gasteiger partial charge on any atom is 0.227 e. The van der Waals surface area contributed by atoms with Crippen molar-refractivity contribution in [2.45, 2.75) is 25.7 Å². The first-order valence-corrected chi connectivity index (χ1v) is 9.96. The van der Waals surface area contributed by atoms with E-state index in [0.29, 0.717) is 11.9 Å². The van der Waals surface area contributed by atoms with Gasteiger partial charge in [-0.2, -0.15) is 0 Å². The summed E-state index contributed by atoms with van der Waals surface area (Å²) < 4.78 is 0. The van der Waals surface area contributed by atoms with Gasteiger partial charge in [-0.15, -0.1) is 0 Å². The highest BCUT2D eigenvalue weighted by molar-refractivity contribution is 5.88. The van der Waals surface area contributed by atoms with Crippen LogP contribution < -0.4 is 16.0 Å². The van der Waals surface area contributed by atoms with E-state index in [4.69, 9.17) is 0 Å². The Bertz CT molecular complexity index is 963. The first-order chi connectivity index (χ1) is 14.2. The molecule has 0 spiro atoms. The number of hydrogen-bond acceptors (Lipinski definition) is 5. The Morgan fingerprint density at radius 3 is 2.34 bits per heavy atom. The van der Waals surface area contributed by atoms with E-state index < -0.39 is 0 Å². The molecule has 6 nitrogen and oxygen atoms in total. The quantitative estimate of drug-likeness (QED) is 0.608. The molecule has 1 aromatic heterocycles. The van der Waals surface area contributed by atoms with Gasteiger partial charge in [0.05, 0.1) is 5.69 Å². The number of carbonyl (C=O) groups excluding carboxylic acids is 1. The first-order valence-electron chi connectivity index (χ1n) is 9.96. The lowest BCUT2D eigenvalue weighted by Crippen LogP contribution is -2.26. The minimum absolute atomic E-state index is 0.0857. The second-order valence-electron chi connectivity index (χ2n) is 7.30. The number of aromatic nitrogens is 2. The molecular weight excluding hydrogens is 362 g/mol. The topological polar surface area (TPSA) is 78.9 Å². The lowest BCUT2D eigenvalue weighted by Gasteiger charge is -2.23. The van der Waals surface area contributed by atoms with Crippen LogP contribution in [0.2, 0.25) is 0 Å². The fourth-order valence-corrected chi connectivity index (χ4v) is 3.63. The number of nitrogens with zero attached hydrogens (tertiary/aromatic N) is 2. The Morgan fingerprint density at radius 2 is 1.66 bits per heavy atom. The molecule has 0 saturated carbocycles. The predicted molar refractivity (Wildman–Crippen MR) is 116 cm³/mol. The van der Waals surface area contributed by atoms with Gasteiger partial charge in [0.2, 0.25) is 11.9 Å². The van der Waals surface area contributed by atoms with E-state index in [-0.39, 0.29) is 5.91 Å². The Morgan fingerprint density at radius 1 is 0.966 bits per heavy atom. The Hall–Kier alpha value is -3.25. The molecule has 1 amide bonds. The summed E-state index contributed by atoms with van der Waals surface area (Å²) in [5, 5.41) is 9.47. The molecule has 0 unspecified atom stereocenters. The van der Waals surface area contributed by atoms with Crippen molar-refractivity contribution in [3.63, 3.8) is 0 Å². The van der Waals surface area contributed by atoms with Crippen molar-refractivity contribution in [1.29, 1.82) is 0 Å². The number of piperidine rings is 1. The number of amides is 1. The molecule has 0 atom stereocenters. The molecule has 4 rings (SSSR count). The van der Waals surface area contributed by atoms with E-state index in [9.17, 15) is 4.79 Å². The van der Waals surface area contributed by atoms with Crippen LogP contribution in [0.3, 0.4) is 0 Å². The molecule has 0 bridgehead atoms. The van der Waals surface area contributed by atoms with Gasteiger partial charge in [-0.25, -0.2) is 9.97 Å². The minimum Gasteiger partial charge on any atom is -0.326 e. The lowest BCUT2D eigenvalue weighted by molar-refractivity contribution is -0.114. The third kappa shape index (κ3) is 4.97. The Labute approximate surface area is 170 Å². The molecule has 6 heteroatoms. The van der Waals surface area contributed by atoms with Crippen LogP contribution in [0.4, 0.5) is 17.3 Å². The summed E-state index contributed by atoms with van der Waals surface area (Å²) in [6.45, 7) is 3.68. The molecule has 2 heterocycles. The van der Waals surface area contributed by atoms with Crippen LogP contribution in [0.1, 0.15) is 31.2 Å². The molecule has 1 saturated heterocycles. The average Bonchev–Trinajstić information content (AvgIpc) is 2.75. The van der Waals surface area contributed by atoms with Gasteiger partial charge in [-0.3, -0.25) is 4.79 Å². The van der Waals surface area contributed by atoms with Crippen molar-refractivity contribution < 1.29 is 4.79 Å². The van der Waals surface area contributed by atoms with Crippen LogP contribution in [0, 0.1) is 0 Å². The van der Waals surface area contributed by atoms with E-state index >= 15 is 0 Å². The predicted octanol–water partition coefficient (Wildman–Crippen LogP) is 4.31. The van der Waals surface area contributed by atoms with Gasteiger partial charge < -0.3 is 16.0 Å². The molecule has 29 heavy (non-hydrogen) atoms. The molecule has 148 valence electrons. The highest BCUT2D eigenvalue weighted by atomic mass is 16.1. The zero-order valence-corrected chi connectivity index (χ0v) is 16.5. The molecular formula is C23H25N5O. The van der Waals surface area contributed by atoms with Gasteiger partial charge >= 0.3 is 0 Å². The monoisotopic (exact) mass is 387 g/mol. The van der Waals surface area contributed by atoms with Gasteiger partial charge in [-0.1, -0.05) is 24.3 Å². The Balaban J connectivity index is 1.45. The fraction of sp³-hybridized carbons (Fsp3) is 0.261. The van der Waals surface area contributed by atoms with Gasteiger partial charge in [0.1, 0.15) is 0 Å².